The van der Waals surface area contributed by atoms with Gasteiger partial charge in [0.05, 0.1) is 25.3 Å². The van der Waals surface area contributed by atoms with E-state index in [1.807, 2.05) is 80.3 Å². The van der Waals surface area contributed by atoms with Gasteiger partial charge in [-0.15, -0.1) is 0 Å². The third-order valence-corrected chi connectivity index (χ3v) is 8.93. The molecule has 39 heavy (non-hydrogen) atoms. The number of furan rings is 1. The quantitative estimate of drug-likeness (QED) is 0.164. The smallest absolute Gasteiger partial charge is 0.134 e. The fourth-order valence-electron chi connectivity index (χ4n) is 5.26. The van der Waals surface area contributed by atoms with Crippen LogP contribution in [0.15, 0.2) is 132 Å². The van der Waals surface area contributed by atoms with Crippen molar-refractivity contribution in [3.63, 3.8) is 0 Å². The third kappa shape index (κ3) is 4.00. The molecule has 0 atom stereocenters. The van der Waals surface area contributed by atoms with Gasteiger partial charge < -0.3 is 4.42 Å². The van der Waals surface area contributed by atoms with Crippen molar-refractivity contribution in [3.05, 3.63) is 127 Å². The van der Waals surface area contributed by atoms with E-state index in [4.69, 9.17) is 15.4 Å². The van der Waals surface area contributed by atoms with Gasteiger partial charge >= 0.3 is 0 Å². The Bertz CT molecular complexity index is 2390. The van der Waals surface area contributed by atoms with E-state index in [1.165, 1.54) is 0 Å². The minimum absolute atomic E-state index is 0.0101. The molecule has 0 amide bonds. The summed E-state index contributed by atoms with van der Waals surface area (Å²) in [6, 6.07) is 21.3. The molecule has 0 saturated heterocycles. The van der Waals surface area contributed by atoms with Crippen molar-refractivity contribution in [2.75, 3.05) is 0 Å². The Morgan fingerprint density at radius 2 is 1.13 bits per heavy atom. The lowest BCUT2D eigenvalue weighted by atomic mass is 9.85. The number of hydrogen-bond acceptors (Lipinski definition) is 1. The van der Waals surface area contributed by atoms with E-state index >= 15 is 0 Å². The first-order chi connectivity index (χ1) is 22.7. The van der Waals surface area contributed by atoms with E-state index in [-0.39, 0.29) is 59.7 Å². The Kier molecular flexibility index (Phi) is 3.71. The van der Waals surface area contributed by atoms with Gasteiger partial charge in [-0.2, -0.15) is 0 Å². The monoisotopic (exact) mass is 527 g/mol. The van der Waals surface area contributed by atoms with Gasteiger partial charge in [0.2, 0.25) is 0 Å². The average molecular weight is 528 g/mol. The summed E-state index contributed by atoms with van der Waals surface area (Å²) in [5.74, 6) is 0. The van der Waals surface area contributed by atoms with Crippen LogP contribution in [0, 0.1) is 0 Å². The van der Waals surface area contributed by atoms with Crippen LogP contribution >= 0.6 is 0 Å². The third-order valence-electron chi connectivity index (χ3n) is 7.18. The predicted molar refractivity (Wildman–Crippen MR) is 171 cm³/mol. The van der Waals surface area contributed by atoms with Gasteiger partial charge in [0.25, 0.3) is 0 Å². The van der Waals surface area contributed by atoms with Crippen molar-refractivity contribution in [3.8, 4) is 33.4 Å². The van der Waals surface area contributed by atoms with E-state index in [1.54, 1.807) is 12.1 Å². The van der Waals surface area contributed by atoms with Crippen molar-refractivity contribution in [2.24, 2.45) is 0 Å². The van der Waals surface area contributed by atoms with Crippen LogP contribution in [0.25, 0.3) is 65.9 Å². The zero-order valence-electron chi connectivity index (χ0n) is 30.8. The van der Waals surface area contributed by atoms with Crippen LogP contribution < -0.4 is 5.19 Å². The summed E-state index contributed by atoms with van der Waals surface area (Å²) in [6.45, 7) is 6.15. The highest BCUT2D eigenvalue weighted by atomic mass is 28.3. The zero-order chi connectivity index (χ0) is 34.4. The number of hydrogen-bond donors (Lipinski definition) is 0. The van der Waals surface area contributed by atoms with Crippen LogP contribution in [0.3, 0.4) is 0 Å². The summed E-state index contributed by atoms with van der Waals surface area (Å²) in [5, 5.41) is 4.36. The lowest BCUT2D eigenvalue weighted by Crippen LogP contribution is -2.37. The SMILES string of the molecule is [2H]c1oc2c([2H])c([2H])c([Si](C)(C)C)c([2H])c2c1-c1c2ccccc2c(-c2ccc(-c3c([2H])c([2H])c([2H])c([2H])c3[2H])cc2)c2ccccc12. The molecule has 0 aliphatic carbocycles. The van der Waals surface area contributed by atoms with E-state index in [0.717, 1.165) is 38.2 Å². The molecule has 0 spiro atoms. The fourth-order valence-corrected chi connectivity index (χ4v) is 6.20. The summed E-state index contributed by atoms with van der Waals surface area (Å²) in [6.07, 6.45) is -0.162. The van der Waals surface area contributed by atoms with E-state index in [2.05, 4.69) is 0 Å². The molecule has 0 radical (unpaired) electrons. The molecular formula is C37H30OSi. The van der Waals surface area contributed by atoms with Gasteiger partial charge in [-0.3, -0.25) is 0 Å². The van der Waals surface area contributed by atoms with Gasteiger partial charge in [-0.1, -0.05) is 140 Å². The largest absolute Gasteiger partial charge is 0.464 e. The summed E-state index contributed by atoms with van der Waals surface area (Å²) in [4.78, 5) is 0. The maximum Gasteiger partial charge on any atom is 0.134 e. The van der Waals surface area contributed by atoms with Crippen LogP contribution in [0.5, 0.6) is 0 Å². The lowest BCUT2D eigenvalue weighted by molar-refractivity contribution is 0.617. The topological polar surface area (TPSA) is 13.1 Å². The van der Waals surface area contributed by atoms with E-state index < -0.39 is 14.1 Å². The van der Waals surface area contributed by atoms with Crippen molar-refractivity contribution >= 4 is 45.8 Å². The Labute approximate surface area is 243 Å². The van der Waals surface area contributed by atoms with Crippen LogP contribution in [0.4, 0.5) is 0 Å². The van der Waals surface area contributed by atoms with Crippen molar-refractivity contribution in [1.82, 2.24) is 0 Å². The molecule has 7 rings (SSSR count). The van der Waals surface area contributed by atoms with Gasteiger partial charge in [0, 0.05) is 16.5 Å². The van der Waals surface area contributed by atoms with Crippen molar-refractivity contribution in [2.45, 2.75) is 19.6 Å². The molecule has 6 aromatic carbocycles. The molecule has 2 heteroatoms. The second-order valence-corrected chi connectivity index (χ2v) is 15.7. The fraction of sp³-hybridized carbons (Fsp3) is 0.0811. The Balaban J connectivity index is 1.54. The summed E-state index contributed by atoms with van der Waals surface area (Å²) in [5.41, 5.74) is 3.64. The normalized spacial score (nSPS) is 15.2. The molecule has 0 N–H and O–H groups in total. The average Bonchev–Trinajstić information content (AvgIpc) is 3.41. The standard InChI is InChI=1S/C37H30OSi/c1-39(2,3)28-21-22-35-33(23-28)34(24-38-35)37-31-15-9-7-13-29(31)36(30-14-8-10-16-32(30)37)27-19-17-26(18-20-27)25-11-5-4-6-12-25/h4-24H,1-3H3/i4D,5D,6D,11D,12D,21D,22D,23D,24D. The first-order valence-corrected chi connectivity index (χ1v) is 16.4. The Morgan fingerprint density at radius 1 is 0.564 bits per heavy atom. The van der Waals surface area contributed by atoms with E-state index in [0.29, 0.717) is 21.7 Å². The van der Waals surface area contributed by atoms with Crippen LogP contribution in [-0.2, 0) is 0 Å². The van der Waals surface area contributed by atoms with Crippen molar-refractivity contribution in [1.29, 1.82) is 0 Å². The first kappa shape index (κ1) is 15.9. The minimum Gasteiger partial charge on any atom is -0.464 e. The van der Waals surface area contributed by atoms with Crippen molar-refractivity contribution < 1.29 is 16.8 Å². The molecule has 0 saturated carbocycles. The lowest BCUT2D eigenvalue weighted by Gasteiger charge is -2.18. The van der Waals surface area contributed by atoms with Gasteiger partial charge in [0.1, 0.15) is 6.95 Å². The maximum atomic E-state index is 9.32. The molecule has 188 valence electrons. The molecule has 7 aromatic rings. The molecule has 0 aliphatic heterocycles. The van der Waals surface area contributed by atoms with Gasteiger partial charge in [-0.25, -0.2) is 0 Å². The molecule has 1 heterocycles. The highest BCUT2D eigenvalue weighted by Gasteiger charge is 2.22. The summed E-state index contributed by atoms with van der Waals surface area (Å²) < 4.78 is 82.8. The molecule has 0 bridgehead atoms. The summed E-state index contributed by atoms with van der Waals surface area (Å²) in [7, 11) is -2.24. The van der Waals surface area contributed by atoms with E-state index in [9.17, 15) is 1.37 Å². The number of fused-ring (bicyclic) bond motifs is 3. The molecule has 0 fully saturated rings. The first-order valence-electron chi connectivity index (χ1n) is 17.4. The molecule has 1 nitrogen and oxygen atoms in total. The second kappa shape index (κ2) is 9.11. The number of benzene rings is 6. The minimum atomic E-state index is -2.24. The number of rotatable bonds is 4. The Hall–Kier alpha value is -4.40. The van der Waals surface area contributed by atoms with Gasteiger partial charge in [0.15, 0.2) is 0 Å². The molecular weight excluding hydrogens is 488 g/mol. The van der Waals surface area contributed by atoms with Crippen LogP contribution in [-0.4, -0.2) is 8.07 Å². The van der Waals surface area contributed by atoms with Crippen LogP contribution in [0.1, 0.15) is 12.3 Å². The highest BCUT2D eigenvalue weighted by molar-refractivity contribution is 6.88. The highest BCUT2D eigenvalue weighted by Crippen LogP contribution is 2.45. The maximum absolute atomic E-state index is 9.32. The van der Waals surface area contributed by atoms with Gasteiger partial charge in [-0.05, 0) is 49.8 Å². The molecule has 1 aromatic heterocycles. The molecule has 0 unspecified atom stereocenters. The van der Waals surface area contributed by atoms with Crippen LogP contribution in [0.2, 0.25) is 19.6 Å². The summed E-state index contributed by atoms with van der Waals surface area (Å²) >= 11 is 0. The molecule has 0 aliphatic rings. The zero-order valence-corrected chi connectivity index (χ0v) is 22.8. The predicted octanol–water partition coefficient (Wildman–Crippen LogP) is 10.3. The second-order valence-electron chi connectivity index (χ2n) is 10.7. The Morgan fingerprint density at radius 3 is 1.72 bits per heavy atom.